The van der Waals surface area contributed by atoms with Gasteiger partial charge in [-0.05, 0) is 141 Å². The Balaban J connectivity index is 4.35. The smallest absolute Gasteiger partial charge is 0.306 e. The first kappa shape index (κ1) is 78.3. The first-order chi connectivity index (χ1) is 41.0. The minimum absolute atomic E-state index is 0.0923. The second kappa shape index (κ2) is 69.8. The summed E-state index contributed by atoms with van der Waals surface area (Å²) < 4.78 is 16.9. The van der Waals surface area contributed by atoms with Crippen LogP contribution in [0.2, 0.25) is 0 Å². The van der Waals surface area contributed by atoms with Crippen molar-refractivity contribution in [3.05, 3.63) is 146 Å². The van der Waals surface area contributed by atoms with Gasteiger partial charge in [0.1, 0.15) is 13.2 Å². The summed E-state index contributed by atoms with van der Waals surface area (Å²) >= 11 is 0. The summed E-state index contributed by atoms with van der Waals surface area (Å²) in [5.74, 6) is -0.915. The molecule has 0 aromatic rings. The van der Waals surface area contributed by atoms with Gasteiger partial charge in [-0.3, -0.25) is 14.4 Å². The van der Waals surface area contributed by atoms with Gasteiger partial charge in [0.25, 0.3) is 0 Å². The van der Waals surface area contributed by atoms with Crippen molar-refractivity contribution in [1.29, 1.82) is 0 Å². The van der Waals surface area contributed by atoms with Crippen LogP contribution < -0.4 is 0 Å². The Kier molecular flexibility index (Phi) is 65.8. The van der Waals surface area contributed by atoms with E-state index in [1.807, 2.05) is 0 Å². The Morgan fingerprint density at radius 2 is 0.470 bits per heavy atom. The van der Waals surface area contributed by atoms with Gasteiger partial charge in [-0.2, -0.15) is 0 Å². The van der Waals surface area contributed by atoms with Crippen molar-refractivity contribution in [2.24, 2.45) is 0 Å². The van der Waals surface area contributed by atoms with E-state index in [0.717, 1.165) is 154 Å². The van der Waals surface area contributed by atoms with Crippen molar-refractivity contribution in [2.75, 3.05) is 13.2 Å². The number of rotatable bonds is 61. The summed E-state index contributed by atoms with van der Waals surface area (Å²) in [6.45, 7) is 6.38. The zero-order valence-electron chi connectivity index (χ0n) is 53.9. The molecule has 0 saturated heterocycles. The molecule has 6 heteroatoms. The predicted octanol–water partition coefficient (Wildman–Crippen LogP) is 23.9. The summed E-state index contributed by atoms with van der Waals surface area (Å²) in [6, 6.07) is 0. The van der Waals surface area contributed by atoms with Gasteiger partial charge in [0.05, 0.1) is 0 Å². The number of carbonyl (C=O) groups excluding carboxylic acids is 3. The van der Waals surface area contributed by atoms with Gasteiger partial charge < -0.3 is 14.2 Å². The third kappa shape index (κ3) is 68.0. The molecule has 0 aromatic carbocycles. The van der Waals surface area contributed by atoms with Crippen molar-refractivity contribution in [3.8, 4) is 0 Å². The van der Waals surface area contributed by atoms with E-state index >= 15 is 0 Å². The van der Waals surface area contributed by atoms with Crippen LogP contribution in [0.5, 0.6) is 0 Å². The quantitative estimate of drug-likeness (QED) is 0.0261. The van der Waals surface area contributed by atoms with E-state index in [0.29, 0.717) is 19.3 Å². The van der Waals surface area contributed by atoms with Gasteiger partial charge in [-0.15, -0.1) is 0 Å². The van der Waals surface area contributed by atoms with E-state index in [1.165, 1.54) is 109 Å². The molecule has 6 nitrogen and oxygen atoms in total. The number of unbranched alkanes of at least 4 members (excludes halogenated alkanes) is 26. The minimum Gasteiger partial charge on any atom is -0.462 e. The van der Waals surface area contributed by atoms with Crippen LogP contribution in [0.25, 0.3) is 0 Å². The van der Waals surface area contributed by atoms with Gasteiger partial charge in [-0.25, -0.2) is 0 Å². The van der Waals surface area contributed by atoms with Crippen LogP contribution in [0.15, 0.2) is 146 Å². The average Bonchev–Trinajstić information content (AvgIpc) is 3.49. The molecule has 0 rings (SSSR count). The molecule has 1 atom stereocenters. The Morgan fingerprint density at radius 3 is 0.735 bits per heavy atom. The lowest BCUT2D eigenvalue weighted by molar-refractivity contribution is -0.167. The van der Waals surface area contributed by atoms with Gasteiger partial charge in [0.15, 0.2) is 6.10 Å². The Morgan fingerprint density at radius 1 is 0.253 bits per heavy atom. The lowest BCUT2D eigenvalue weighted by Crippen LogP contribution is -2.30. The standard InChI is InChI=1S/C77H126O6/c1-4-7-10-13-16-19-22-25-28-30-32-33-34-35-36-37-38-39-40-41-42-43-45-46-49-52-55-58-61-64-67-70-76(79)82-73-74(72-81-75(78)69-66-63-60-57-54-51-48-27-24-21-18-15-12-9-6-3)83-77(80)71-68-65-62-59-56-53-50-47-44-31-29-26-23-20-17-14-11-8-5-2/h7,9-10,12,16-21,25-29,32-33,35-36,38-39,41-42,48,74H,4-6,8,11,13-15,22-24,30-31,34,37,40,43-47,49-73H2,1-3H3/b10-7-,12-9-,19-16-,20-17-,21-18-,28-25-,29-26-,33-32-,36-35-,39-38-,42-41-,48-27-. The first-order valence-electron chi connectivity index (χ1n) is 34.3. The van der Waals surface area contributed by atoms with Gasteiger partial charge in [0, 0.05) is 19.3 Å². The van der Waals surface area contributed by atoms with E-state index in [4.69, 9.17) is 14.2 Å². The number of hydrogen-bond donors (Lipinski definition) is 0. The SMILES string of the molecule is CC/C=C\C/C=C\C/C=C\C/C=C\C/C=C\C/C=C\C/C=C\CCCCCCCCCCCC(=O)OCC(COC(=O)CCCCCCC/C=C\C/C=C\C/C=C\CC)OC(=O)CCCCCCCCCCC/C=C\C/C=C\CCCCC. The van der Waals surface area contributed by atoms with Crippen LogP contribution >= 0.6 is 0 Å². The van der Waals surface area contributed by atoms with E-state index < -0.39 is 6.10 Å². The maximum absolute atomic E-state index is 12.9. The highest BCUT2D eigenvalue weighted by Gasteiger charge is 2.19. The summed E-state index contributed by atoms with van der Waals surface area (Å²) in [6.07, 6.45) is 100.0. The van der Waals surface area contributed by atoms with E-state index in [1.54, 1.807) is 0 Å². The molecule has 0 aliphatic heterocycles. The third-order valence-corrected chi connectivity index (χ3v) is 14.3. The monoisotopic (exact) mass is 1150 g/mol. The first-order valence-corrected chi connectivity index (χ1v) is 34.3. The molecule has 0 radical (unpaired) electrons. The molecule has 0 amide bonds. The highest BCUT2D eigenvalue weighted by Crippen LogP contribution is 2.16. The van der Waals surface area contributed by atoms with Crippen molar-refractivity contribution in [2.45, 2.75) is 309 Å². The van der Waals surface area contributed by atoms with Gasteiger partial charge in [0.2, 0.25) is 0 Å². The van der Waals surface area contributed by atoms with Crippen LogP contribution in [-0.4, -0.2) is 37.2 Å². The van der Waals surface area contributed by atoms with Crippen LogP contribution in [0.4, 0.5) is 0 Å². The molecule has 0 saturated carbocycles. The maximum atomic E-state index is 12.9. The van der Waals surface area contributed by atoms with E-state index in [9.17, 15) is 14.4 Å². The van der Waals surface area contributed by atoms with Crippen molar-refractivity contribution >= 4 is 17.9 Å². The summed E-state index contributed by atoms with van der Waals surface area (Å²) in [7, 11) is 0. The molecular formula is C77H126O6. The fraction of sp³-hybridized carbons (Fsp3) is 0.649. The fourth-order valence-corrected chi connectivity index (χ4v) is 9.23. The second-order valence-corrected chi connectivity index (χ2v) is 22.3. The predicted molar refractivity (Wildman–Crippen MR) is 362 cm³/mol. The molecule has 0 aliphatic rings. The van der Waals surface area contributed by atoms with Crippen LogP contribution in [0, 0.1) is 0 Å². The molecular weight excluding hydrogens is 1020 g/mol. The number of allylic oxidation sites excluding steroid dienone is 24. The van der Waals surface area contributed by atoms with E-state index in [-0.39, 0.29) is 31.1 Å². The largest absolute Gasteiger partial charge is 0.462 e. The lowest BCUT2D eigenvalue weighted by atomic mass is 10.1. The molecule has 0 spiro atoms. The van der Waals surface area contributed by atoms with Crippen molar-refractivity contribution in [1.82, 2.24) is 0 Å². The molecule has 83 heavy (non-hydrogen) atoms. The highest BCUT2D eigenvalue weighted by molar-refractivity contribution is 5.71. The average molecular weight is 1150 g/mol. The number of hydrogen-bond acceptors (Lipinski definition) is 6. The third-order valence-electron chi connectivity index (χ3n) is 14.3. The zero-order chi connectivity index (χ0) is 59.9. The summed E-state index contributed by atoms with van der Waals surface area (Å²) in [4.78, 5) is 38.4. The Bertz CT molecular complexity index is 1800. The fourth-order valence-electron chi connectivity index (χ4n) is 9.23. The maximum Gasteiger partial charge on any atom is 0.306 e. The molecule has 1 unspecified atom stereocenters. The number of carbonyl (C=O) groups is 3. The summed E-state index contributed by atoms with van der Waals surface area (Å²) in [5, 5.41) is 0. The Hall–Kier alpha value is -4.71. The highest BCUT2D eigenvalue weighted by atomic mass is 16.6. The normalized spacial score (nSPS) is 13.0. The molecule has 0 fully saturated rings. The lowest BCUT2D eigenvalue weighted by Gasteiger charge is -2.18. The van der Waals surface area contributed by atoms with Crippen LogP contribution in [0.3, 0.4) is 0 Å². The van der Waals surface area contributed by atoms with Gasteiger partial charge >= 0.3 is 17.9 Å². The minimum atomic E-state index is -0.797. The summed E-state index contributed by atoms with van der Waals surface area (Å²) in [5.41, 5.74) is 0. The molecule has 0 heterocycles. The van der Waals surface area contributed by atoms with E-state index in [2.05, 4.69) is 167 Å². The molecule has 0 aromatic heterocycles. The van der Waals surface area contributed by atoms with Crippen LogP contribution in [-0.2, 0) is 28.6 Å². The Labute approximate surface area is 512 Å². The molecule has 0 N–H and O–H groups in total. The van der Waals surface area contributed by atoms with Crippen molar-refractivity contribution in [3.63, 3.8) is 0 Å². The topological polar surface area (TPSA) is 78.9 Å². The zero-order valence-corrected chi connectivity index (χ0v) is 53.9. The number of esters is 3. The second-order valence-electron chi connectivity index (χ2n) is 22.3. The molecule has 0 aliphatic carbocycles. The molecule has 0 bridgehead atoms. The van der Waals surface area contributed by atoms with Crippen LogP contribution in [0.1, 0.15) is 303 Å². The van der Waals surface area contributed by atoms with Crippen molar-refractivity contribution < 1.29 is 28.6 Å². The molecule has 470 valence electrons. The van der Waals surface area contributed by atoms with Gasteiger partial charge in [-0.1, -0.05) is 289 Å². The number of ether oxygens (including phenoxy) is 3.